The third-order valence-corrected chi connectivity index (χ3v) is 5.88. The second kappa shape index (κ2) is 7.24. The second-order valence-corrected chi connectivity index (χ2v) is 7.85. The maximum Gasteiger partial charge on any atom is 0.317 e. The van der Waals surface area contributed by atoms with Gasteiger partial charge in [-0.3, -0.25) is 0 Å². The average Bonchev–Trinajstić information content (AvgIpc) is 3.00. The van der Waals surface area contributed by atoms with E-state index in [9.17, 15) is 4.79 Å². The van der Waals surface area contributed by atoms with Crippen LogP contribution in [0, 0.1) is 0 Å². The molecule has 1 aromatic rings. The predicted octanol–water partition coefficient (Wildman–Crippen LogP) is 3.33. The number of carbonyl (C=O) groups is 1. The molecular weight excluding hydrogens is 316 g/mol. The summed E-state index contributed by atoms with van der Waals surface area (Å²) in [6.07, 6.45) is 3.99. The van der Waals surface area contributed by atoms with Gasteiger partial charge in [0.1, 0.15) is 5.75 Å². The molecule has 0 bridgehead atoms. The van der Waals surface area contributed by atoms with Gasteiger partial charge in [-0.2, -0.15) is 0 Å². The fraction of sp³-hybridized carbons (Fsp3) is 0.650. The van der Waals surface area contributed by atoms with E-state index in [1.807, 2.05) is 17.0 Å². The third kappa shape index (κ3) is 3.76. The predicted molar refractivity (Wildman–Crippen MR) is 98.1 cm³/mol. The first kappa shape index (κ1) is 18.1. The Bertz CT molecular complexity index is 591. The van der Waals surface area contributed by atoms with Crippen molar-refractivity contribution in [3.63, 3.8) is 0 Å². The van der Waals surface area contributed by atoms with Crippen molar-refractivity contribution in [1.29, 1.82) is 0 Å². The van der Waals surface area contributed by atoms with Gasteiger partial charge in [0, 0.05) is 37.3 Å². The van der Waals surface area contributed by atoms with Crippen LogP contribution in [0.1, 0.15) is 45.1 Å². The van der Waals surface area contributed by atoms with Gasteiger partial charge in [0.2, 0.25) is 0 Å². The van der Waals surface area contributed by atoms with Gasteiger partial charge in [-0.05, 0) is 57.2 Å². The van der Waals surface area contributed by atoms with E-state index in [0.29, 0.717) is 6.54 Å². The van der Waals surface area contributed by atoms with Crippen LogP contribution in [0.3, 0.4) is 0 Å². The van der Waals surface area contributed by atoms with E-state index in [-0.39, 0.29) is 17.0 Å². The average molecular weight is 346 g/mol. The zero-order valence-electron chi connectivity index (χ0n) is 15.6. The van der Waals surface area contributed by atoms with E-state index in [4.69, 9.17) is 9.47 Å². The summed E-state index contributed by atoms with van der Waals surface area (Å²) < 4.78 is 10.9. The molecule has 1 aromatic carbocycles. The van der Waals surface area contributed by atoms with Crippen molar-refractivity contribution >= 4 is 6.03 Å². The van der Waals surface area contributed by atoms with Crippen molar-refractivity contribution < 1.29 is 14.3 Å². The van der Waals surface area contributed by atoms with Gasteiger partial charge >= 0.3 is 6.03 Å². The van der Waals surface area contributed by atoms with E-state index in [1.54, 1.807) is 7.11 Å². The lowest BCUT2D eigenvalue weighted by Crippen LogP contribution is -2.52. The zero-order chi connectivity index (χ0) is 17.9. The zero-order valence-corrected chi connectivity index (χ0v) is 15.6. The summed E-state index contributed by atoms with van der Waals surface area (Å²) in [5.41, 5.74) is 1.13. The maximum absolute atomic E-state index is 12.7. The Morgan fingerprint density at radius 1 is 1.20 bits per heavy atom. The summed E-state index contributed by atoms with van der Waals surface area (Å²) in [5, 5.41) is 3.22. The quantitative estimate of drug-likeness (QED) is 0.910. The van der Waals surface area contributed by atoms with Crippen molar-refractivity contribution in [2.24, 2.45) is 0 Å². The molecule has 0 spiro atoms. The summed E-state index contributed by atoms with van der Waals surface area (Å²) in [7, 11) is 1.68. The molecule has 1 N–H and O–H groups in total. The van der Waals surface area contributed by atoms with Crippen LogP contribution in [-0.2, 0) is 10.2 Å². The second-order valence-electron chi connectivity index (χ2n) is 7.85. The summed E-state index contributed by atoms with van der Waals surface area (Å²) in [6.45, 7) is 7.25. The summed E-state index contributed by atoms with van der Waals surface area (Å²) in [4.78, 5) is 14.7. The van der Waals surface area contributed by atoms with E-state index in [0.717, 1.165) is 51.2 Å². The molecule has 25 heavy (non-hydrogen) atoms. The molecule has 0 saturated carbocycles. The Hall–Kier alpha value is -1.75. The first-order valence-corrected chi connectivity index (χ1v) is 9.25. The number of hydrogen-bond donors (Lipinski definition) is 1. The lowest BCUT2D eigenvalue weighted by Gasteiger charge is -2.39. The number of nitrogens with one attached hydrogen (secondary N) is 1. The van der Waals surface area contributed by atoms with Gasteiger partial charge in [0.15, 0.2) is 0 Å². The smallest absolute Gasteiger partial charge is 0.317 e. The molecule has 5 nitrogen and oxygen atoms in total. The first-order chi connectivity index (χ1) is 12.0. The Morgan fingerprint density at radius 3 is 2.44 bits per heavy atom. The minimum atomic E-state index is -0.0654. The lowest BCUT2D eigenvalue weighted by atomic mass is 9.74. The van der Waals surface area contributed by atoms with Crippen LogP contribution in [0.2, 0.25) is 0 Å². The minimum absolute atomic E-state index is 0.0486. The fourth-order valence-corrected chi connectivity index (χ4v) is 4.10. The molecule has 3 rings (SSSR count). The van der Waals surface area contributed by atoms with Crippen LogP contribution in [0.4, 0.5) is 4.79 Å². The highest BCUT2D eigenvalue weighted by Crippen LogP contribution is 2.35. The molecule has 0 aliphatic carbocycles. The third-order valence-electron chi connectivity index (χ3n) is 5.88. The molecule has 2 aliphatic heterocycles. The molecule has 0 radical (unpaired) electrons. The number of urea groups is 1. The molecule has 0 aromatic heterocycles. The van der Waals surface area contributed by atoms with Gasteiger partial charge in [-0.1, -0.05) is 12.1 Å². The monoisotopic (exact) mass is 346 g/mol. The van der Waals surface area contributed by atoms with Crippen molar-refractivity contribution in [3.8, 4) is 5.75 Å². The molecular formula is C20H30N2O3. The highest BCUT2D eigenvalue weighted by atomic mass is 16.5. The van der Waals surface area contributed by atoms with Crippen LogP contribution in [-0.4, -0.2) is 49.9 Å². The van der Waals surface area contributed by atoms with Crippen molar-refractivity contribution in [3.05, 3.63) is 29.8 Å². The number of amides is 2. The molecule has 0 atom stereocenters. The number of ether oxygens (including phenoxy) is 2. The molecule has 2 aliphatic rings. The largest absolute Gasteiger partial charge is 0.497 e. The molecule has 2 amide bonds. The number of likely N-dealkylation sites (tertiary alicyclic amines) is 1. The fourth-order valence-electron chi connectivity index (χ4n) is 4.10. The lowest BCUT2D eigenvalue weighted by molar-refractivity contribution is 0.0497. The van der Waals surface area contributed by atoms with Crippen LogP contribution < -0.4 is 10.1 Å². The molecule has 138 valence electrons. The Labute approximate surface area is 150 Å². The van der Waals surface area contributed by atoms with E-state index < -0.39 is 0 Å². The van der Waals surface area contributed by atoms with Gasteiger partial charge in [0.05, 0.1) is 7.11 Å². The van der Waals surface area contributed by atoms with E-state index >= 15 is 0 Å². The van der Waals surface area contributed by atoms with Crippen LogP contribution >= 0.6 is 0 Å². The van der Waals surface area contributed by atoms with Crippen molar-refractivity contribution in [2.75, 3.05) is 33.4 Å². The Balaban J connectivity index is 1.73. The summed E-state index contributed by atoms with van der Waals surface area (Å²) >= 11 is 0. The normalized spacial score (nSPS) is 21.8. The number of benzene rings is 1. The van der Waals surface area contributed by atoms with Gasteiger partial charge < -0.3 is 19.7 Å². The number of carbonyl (C=O) groups excluding carboxylic acids is 1. The topological polar surface area (TPSA) is 50.8 Å². The number of nitrogens with zero attached hydrogens (tertiary/aromatic N) is 1. The summed E-state index contributed by atoms with van der Waals surface area (Å²) in [5.74, 6) is 0.855. The van der Waals surface area contributed by atoms with Crippen LogP contribution in [0.5, 0.6) is 5.75 Å². The maximum atomic E-state index is 12.7. The van der Waals surface area contributed by atoms with Gasteiger partial charge in [-0.25, -0.2) is 4.79 Å². The van der Waals surface area contributed by atoms with Crippen LogP contribution in [0.25, 0.3) is 0 Å². The van der Waals surface area contributed by atoms with Crippen molar-refractivity contribution in [1.82, 2.24) is 10.2 Å². The van der Waals surface area contributed by atoms with Gasteiger partial charge in [0.25, 0.3) is 0 Å². The highest BCUT2D eigenvalue weighted by molar-refractivity contribution is 5.75. The number of rotatable bonds is 4. The first-order valence-electron chi connectivity index (χ1n) is 9.25. The SMILES string of the molecule is COc1ccc(C2(CNC(=O)N3CCCC3(C)C)CCOCC2)cc1. The highest BCUT2D eigenvalue weighted by Gasteiger charge is 2.38. The molecule has 0 unspecified atom stereocenters. The number of hydrogen-bond acceptors (Lipinski definition) is 3. The molecule has 2 heterocycles. The Morgan fingerprint density at radius 2 is 1.88 bits per heavy atom. The van der Waals surface area contributed by atoms with Crippen LogP contribution in [0.15, 0.2) is 24.3 Å². The minimum Gasteiger partial charge on any atom is -0.497 e. The standard InChI is InChI=1S/C20H30N2O3/c1-19(2)9-4-12-22(19)18(23)21-15-20(10-13-25-14-11-20)16-5-7-17(24-3)8-6-16/h5-8H,4,9-15H2,1-3H3,(H,21,23). The summed E-state index contributed by atoms with van der Waals surface area (Å²) in [6, 6.07) is 8.30. The van der Waals surface area contributed by atoms with E-state index in [1.165, 1.54) is 5.56 Å². The number of methoxy groups -OCH3 is 1. The molecule has 2 saturated heterocycles. The molecule has 2 fully saturated rings. The van der Waals surface area contributed by atoms with E-state index in [2.05, 4.69) is 31.3 Å². The molecule has 5 heteroatoms. The Kier molecular flexibility index (Phi) is 5.23. The van der Waals surface area contributed by atoms with Crippen molar-refractivity contribution in [2.45, 2.75) is 50.5 Å². The van der Waals surface area contributed by atoms with Gasteiger partial charge in [-0.15, -0.1) is 0 Å².